The Labute approximate surface area is 94.0 Å². The summed E-state index contributed by atoms with van der Waals surface area (Å²) < 4.78 is 0. The largest absolute Gasteiger partial charge is 0.481 e. The highest BCUT2D eigenvalue weighted by molar-refractivity contribution is 5.82. The molecule has 0 aromatic carbocycles. The van der Waals surface area contributed by atoms with E-state index in [0.717, 1.165) is 0 Å². The zero-order chi connectivity index (χ0) is 12.0. The SMILES string of the molecule is CC1C(C)C2C=CC1C(C(=O)O)C2C(=O)O. The number of carbonyl (C=O) groups is 2. The van der Waals surface area contributed by atoms with Gasteiger partial charge < -0.3 is 10.2 Å². The minimum absolute atomic E-state index is 0.140. The van der Waals surface area contributed by atoms with E-state index in [9.17, 15) is 19.8 Å². The highest BCUT2D eigenvalue weighted by Crippen LogP contribution is 2.51. The van der Waals surface area contributed by atoms with Crippen LogP contribution in [0.2, 0.25) is 0 Å². The minimum atomic E-state index is -0.981. The summed E-state index contributed by atoms with van der Waals surface area (Å²) in [4.78, 5) is 22.4. The molecule has 0 saturated heterocycles. The molecule has 3 aliphatic carbocycles. The molecule has 0 aromatic rings. The smallest absolute Gasteiger partial charge is 0.308 e. The lowest BCUT2D eigenvalue weighted by Crippen LogP contribution is -2.52. The van der Waals surface area contributed by atoms with E-state index >= 15 is 0 Å². The van der Waals surface area contributed by atoms with Crippen molar-refractivity contribution in [3.8, 4) is 0 Å². The molecule has 2 bridgehead atoms. The Bertz CT molecular complexity index is 326. The third-order valence-corrected chi connectivity index (χ3v) is 4.39. The quantitative estimate of drug-likeness (QED) is 0.696. The van der Waals surface area contributed by atoms with Crippen LogP contribution in [-0.2, 0) is 9.59 Å². The summed E-state index contributed by atoms with van der Waals surface area (Å²) >= 11 is 0. The van der Waals surface area contributed by atoms with Crippen molar-refractivity contribution < 1.29 is 19.8 Å². The van der Waals surface area contributed by atoms with Crippen LogP contribution in [0.4, 0.5) is 0 Å². The average Bonchev–Trinajstić information content (AvgIpc) is 2.23. The molecule has 0 aromatic heterocycles. The fraction of sp³-hybridized carbons (Fsp3) is 0.667. The van der Waals surface area contributed by atoms with E-state index in [4.69, 9.17) is 0 Å². The molecule has 0 amide bonds. The Morgan fingerprint density at radius 3 is 1.44 bits per heavy atom. The lowest BCUT2D eigenvalue weighted by Gasteiger charge is -2.48. The second kappa shape index (κ2) is 3.61. The van der Waals surface area contributed by atoms with Gasteiger partial charge in [0.2, 0.25) is 0 Å². The molecule has 6 atom stereocenters. The molecule has 0 spiro atoms. The summed E-state index contributed by atoms with van der Waals surface area (Å²) in [6.07, 6.45) is 3.79. The van der Waals surface area contributed by atoms with Crippen LogP contribution in [0.15, 0.2) is 12.2 Å². The van der Waals surface area contributed by atoms with Crippen molar-refractivity contribution in [2.45, 2.75) is 13.8 Å². The van der Waals surface area contributed by atoms with Crippen LogP contribution in [0.1, 0.15) is 13.8 Å². The van der Waals surface area contributed by atoms with Gasteiger partial charge in [-0.05, 0) is 23.7 Å². The first-order valence-electron chi connectivity index (χ1n) is 5.59. The van der Waals surface area contributed by atoms with Crippen molar-refractivity contribution in [3.63, 3.8) is 0 Å². The van der Waals surface area contributed by atoms with Gasteiger partial charge in [0, 0.05) is 0 Å². The molecule has 0 radical (unpaired) electrons. The maximum absolute atomic E-state index is 11.2. The van der Waals surface area contributed by atoms with Gasteiger partial charge in [0.25, 0.3) is 0 Å². The predicted octanol–water partition coefficient (Wildman–Crippen LogP) is 1.48. The zero-order valence-electron chi connectivity index (χ0n) is 9.33. The number of hydrogen-bond donors (Lipinski definition) is 2. The van der Waals surface area contributed by atoms with Gasteiger partial charge in [-0.15, -0.1) is 0 Å². The van der Waals surface area contributed by atoms with Crippen molar-refractivity contribution in [3.05, 3.63) is 12.2 Å². The summed E-state index contributed by atoms with van der Waals surface area (Å²) in [5, 5.41) is 18.4. The third kappa shape index (κ3) is 1.36. The molecule has 1 fully saturated rings. The molecular weight excluding hydrogens is 208 g/mol. The van der Waals surface area contributed by atoms with Crippen LogP contribution in [-0.4, -0.2) is 22.2 Å². The third-order valence-electron chi connectivity index (χ3n) is 4.39. The van der Waals surface area contributed by atoms with Gasteiger partial charge >= 0.3 is 11.9 Å². The Hall–Kier alpha value is -1.32. The van der Waals surface area contributed by atoms with Crippen LogP contribution in [0, 0.1) is 35.5 Å². The van der Waals surface area contributed by atoms with E-state index in [1.54, 1.807) is 0 Å². The van der Waals surface area contributed by atoms with Gasteiger partial charge in [-0.3, -0.25) is 9.59 Å². The standard InChI is InChI=1S/C12H16O4/c1-5-6(2)8-4-3-7(5)9(11(13)14)10(8)12(15)16/h3-10H,1-2H3,(H,13,14)(H,15,16). The van der Waals surface area contributed by atoms with Crippen molar-refractivity contribution in [2.75, 3.05) is 0 Å². The zero-order valence-corrected chi connectivity index (χ0v) is 9.33. The molecule has 2 N–H and O–H groups in total. The van der Waals surface area contributed by atoms with Crippen molar-refractivity contribution in [2.24, 2.45) is 35.5 Å². The van der Waals surface area contributed by atoms with Crippen molar-refractivity contribution >= 4 is 11.9 Å². The molecule has 4 heteroatoms. The molecule has 3 rings (SSSR count). The second-order valence-electron chi connectivity index (χ2n) is 4.99. The second-order valence-corrected chi connectivity index (χ2v) is 4.99. The minimum Gasteiger partial charge on any atom is -0.481 e. The topological polar surface area (TPSA) is 74.6 Å². The van der Waals surface area contributed by atoms with Crippen LogP contribution < -0.4 is 0 Å². The number of rotatable bonds is 2. The van der Waals surface area contributed by atoms with E-state index in [0.29, 0.717) is 0 Å². The summed E-state index contributed by atoms with van der Waals surface area (Å²) in [7, 11) is 0. The van der Waals surface area contributed by atoms with Gasteiger partial charge in [0.05, 0.1) is 11.8 Å². The molecule has 6 unspecified atom stereocenters. The van der Waals surface area contributed by atoms with Crippen LogP contribution >= 0.6 is 0 Å². The normalized spacial score (nSPS) is 45.6. The Balaban J connectivity index is 2.43. The molecule has 88 valence electrons. The maximum Gasteiger partial charge on any atom is 0.308 e. The van der Waals surface area contributed by atoms with E-state index in [2.05, 4.69) is 0 Å². The lowest BCUT2D eigenvalue weighted by molar-refractivity contribution is -0.164. The van der Waals surface area contributed by atoms with Gasteiger partial charge in [-0.2, -0.15) is 0 Å². The predicted molar refractivity (Wildman–Crippen MR) is 56.7 cm³/mol. The summed E-state index contributed by atoms with van der Waals surface area (Å²) in [6.45, 7) is 4.03. The van der Waals surface area contributed by atoms with Crippen LogP contribution in [0.25, 0.3) is 0 Å². The van der Waals surface area contributed by atoms with Gasteiger partial charge in [-0.25, -0.2) is 0 Å². The number of aliphatic carboxylic acids is 2. The monoisotopic (exact) mass is 224 g/mol. The van der Waals surface area contributed by atoms with E-state index in [1.165, 1.54) is 0 Å². The Kier molecular flexibility index (Phi) is 2.52. The molecular formula is C12H16O4. The maximum atomic E-state index is 11.2. The lowest BCUT2D eigenvalue weighted by atomic mass is 9.54. The van der Waals surface area contributed by atoms with E-state index in [1.807, 2.05) is 26.0 Å². The number of carboxylic acid groups (broad SMARTS) is 2. The fourth-order valence-electron chi connectivity index (χ4n) is 3.32. The summed E-state index contributed by atoms with van der Waals surface area (Å²) in [5.41, 5.74) is 0. The Morgan fingerprint density at radius 1 is 0.875 bits per heavy atom. The number of fused-ring (bicyclic) bond motifs is 2. The first-order chi connectivity index (χ1) is 7.45. The van der Waals surface area contributed by atoms with Crippen molar-refractivity contribution in [1.29, 1.82) is 0 Å². The molecule has 3 aliphatic rings. The Morgan fingerprint density at radius 2 is 1.19 bits per heavy atom. The highest BCUT2D eigenvalue weighted by Gasteiger charge is 2.54. The van der Waals surface area contributed by atoms with Gasteiger partial charge in [0.15, 0.2) is 0 Å². The molecule has 0 aliphatic heterocycles. The highest BCUT2D eigenvalue weighted by atomic mass is 16.4. The number of hydrogen-bond acceptors (Lipinski definition) is 2. The van der Waals surface area contributed by atoms with Crippen LogP contribution in [0.3, 0.4) is 0 Å². The fourth-order valence-corrected chi connectivity index (χ4v) is 3.32. The van der Waals surface area contributed by atoms with Gasteiger partial charge in [-0.1, -0.05) is 26.0 Å². The molecule has 16 heavy (non-hydrogen) atoms. The molecule has 0 heterocycles. The summed E-state index contributed by atoms with van der Waals surface area (Å²) in [5.74, 6) is -3.29. The number of carboxylic acids is 2. The average molecular weight is 224 g/mol. The van der Waals surface area contributed by atoms with E-state index < -0.39 is 23.8 Å². The molecule has 1 saturated carbocycles. The van der Waals surface area contributed by atoms with Gasteiger partial charge in [0.1, 0.15) is 0 Å². The van der Waals surface area contributed by atoms with Crippen LogP contribution in [0.5, 0.6) is 0 Å². The summed E-state index contributed by atoms with van der Waals surface area (Å²) in [6, 6.07) is 0. The van der Waals surface area contributed by atoms with E-state index in [-0.39, 0.29) is 23.7 Å². The first kappa shape index (κ1) is 11.2. The first-order valence-corrected chi connectivity index (χ1v) is 5.59. The number of allylic oxidation sites excluding steroid dienone is 2. The van der Waals surface area contributed by atoms with Crippen molar-refractivity contribution in [1.82, 2.24) is 0 Å². The molecule has 4 nitrogen and oxygen atoms in total.